The highest BCUT2D eigenvalue weighted by atomic mass is 16.4. The Morgan fingerprint density at radius 2 is 1.96 bits per heavy atom. The number of piperazine rings is 1. The Morgan fingerprint density at radius 3 is 2.62 bits per heavy atom. The maximum absolute atomic E-state index is 12.4. The topological polar surface area (TPSA) is 86.3 Å². The lowest BCUT2D eigenvalue weighted by atomic mass is 10.2. The van der Waals surface area contributed by atoms with Crippen LogP contribution in [0.2, 0.25) is 0 Å². The van der Waals surface area contributed by atoms with Gasteiger partial charge in [-0.1, -0.05) is 0 Å². The Labute approximate surface area is 151 Å². The summed E-state index contributed by atoms with van der Waals surface area (Å²) >= 11 is 0. The molecule has 1 aliphatic carbocycles. The molecule has 0 spiro atoms. The Hall–Kier alpha value is -3.14. The van der Waals surface area contributed by atoms with Crippen LogP contribution >= 0.6 is 0 Å². The quantitative estimate of drug-likeness (QED) is 0.787. The average Bonchev–Trinajstić information content (AvgIpc) is 3.46. The van der Waals surface area contributed by atoms with Crippen molar-refractivity contribution in [2.75, 3.05) is 31.1 Å². The molecule has 0 atom stereocenters. The first-order valence-corrected chi connectivity index (χ1v) is 8.77. The fraction of sp³-hybridized carbons (Fsp3) is 0.368. The molecule has 0 aromatic carbocycles. The minimum absolute atomic E-state index is 0.0155. The highest BCUT2D eigenvalue weighted by Gasteiger charge is 2.32. The SMILES string of the molecule is N#Cc1nc(C2CC2)oc1N1CCN(C(=O)/C=C/c2ccncc2)CC1. The zero-order valence-electron chi connectivity index (χ0n) is 14.3. The molecular formula is C19H19N5O2. The van der Waals surface area contributed by atoms with Crippen molar-refractivity contribution in [1.29, 1.82) is 5.26 Å². The van der Waals surface area contributed by atoms with E-state index in [1.807, 2.05) is 17.0 Å². The summed E-state index contributed by atoms with van der Waals surface area (Å²) in [6.07, 6.45) is 8.94. The van der Waals surface area contributed by atoms with Crippen molar-refractivity contribution in [2.24, 2.45) is 0 Å². The fourth-order valence-electron chi connectivity index (χ4n) is 3.00. The molecule has 0 N–H and O–H groups in total. The maximum Gasteiger partial charge on any atom is 0.246 e. The van der Waals surface area contributed by atoms with Crippen molar-refractivity contribution in [3.63, 3.8) is 0 Å². The van der Waals surface area contributed by atoms with E-state index >= 15 is 0 Å². The van der Waals surface area contributed by atoms with Crippen molar-refractivity contribution in [2.45, 2.75) is 18.8 Å². The van der Waals surface area contributed by atoms with Crippen molar-refractivity contribution >= 4 is 17.9 Å². The smallest absolute Gasteiger partial charge is 0.246 e. The van der Waals surface area contributed by atoms with Gasteiger partial charge in [-0.15, -0.1) is 0 Å². The highest BCUT2D eigenvalue weighted by molar-refractivity contribution is 5.91. The van der Waals surface area contributed by atoms with Crippen LogP contribution in [-0.2, 0) is 4.79 Å². The van der Waals surface area contributed by atoms with E-state index in [-0.39, 0.29) is 5.91 Å². The Kier molecular flexibility index (Phi) is 4.40. The number of nitriles is 1. The lowest BCUT2D eigenvalue weighted by Gasteiger charge is -2.34. The first kappa shape index (κ1) is 16.3. The molecule has 0 radical (unpaired) electrons. The third kappa shape index (κ3) is 3.45. The van der Waals surface area contributed by atoms with E-state index in [0.29, 0.717) is 49.6 Å². The molecule has 132 valence electrons. The summed E-state index contributed by atoms with van der Waals surface area (Å²) in [6.45, 7) is 2.43. The summed E-state index contributed by atoms with van der Waals surface area (Å²) in [5.41, 5.74) is 1.30. The predicted molar refractivity (Wildman–Crippen MR) is 95.3 cm³/mol. The van der Waals surface area contributed by atoms with Gasteiger partial charge < -0.3 is 14.2 Å². The van der Waals surface area contributed by atoms with Crippen molar-refractivity contribution in [3.05, 3.63) is 47.8 Å². The molecule has 2 aromatic heterocycles. The Morgan fingerprint density at radius 1 is 1.23 bits per heavy atom. The maximum atomic E-state index is 12.4. The summed E-state index contributed by atoms with van der Waals surface area (Å²) in [4.78, 5) is 24.4. The second-order valence-corrected chi connectivity index (χ2v) is 6.52. The lowest BCUT2D eigenvalue weighted by Crippen LogP contribution is -2.48. The van der Waals surface area contributed by atoms with E-state index < -0.39 is 0 Å². The second kappa shape index (κ2) is 7.00. The summed E-state index contributed by atoms with van der Waals surface area (Å²) < 4.78 is 5.84. The molecule has 0 bridgehead atoms. The van der Waals surface area contributed by atoms with Crippen LogP contribution in [0.5, 0.6) is 0 Å². The van der Waals surface area contributed by atoms with E-state index in [9.17, 15) is 10.1 Å². The molecule has 1 amide bonds. The summed E-state index contributed by atoms with van der Waals surface area (Å²) in [7, 11) is 0. The van der Waals surface area contributed by atoms with Gasteiger partial charge in [0, 0.05) is 50.6 Å². The first-order chi connectivity index (χ1) is 12.7. The van der Waals surface area contributed by atoms with Gasteiger partial charge in [0.05, 0.1) is 0 Å². The summed E-state index contributed by atoms with van der Waals surface area (Å²) in [6, 6.07) is 5.83. The van der Waals surface area contributed by atoms with E-state index in [2.05, 4.69) is 16.0 Å². The number of anilines is 1. The number of amides is 1. The van der Waals surface area contributed by atoms with E-state index in [0.717, 1.165) is 18.4 Å². The van der Waals surface area contributed by atoms with E-state index in [1.54, 1.807) is 29.4 Å². The molecule has 2 aromatic rings. The molecular weight excluding hydrogens is 330 g/mol. The van der Waals surface area contributed by atoms with Crippen molar-refractivity contribution < 1.29 is 9.21 Å². The van der Waals surface area contributed by atoms with Crippen LogP contribution in [0.15, 0.2) is 35.0 Å². The molecule has 2 fully saturated rings. The second-order valence-electron chi connectivity index (χ2n) is 6.52. The van der Waals surface area contributed by atoms with Crippen molar-refractivity contribution in [1.82, 2.24) is 14.9 Å². The Balaban J connectivity index is 1.37. The van der Waals surface area contributed by atoms with Crippen LogP contribution in [0.4, 0.5) is 5.88 Å². The molecule has 1 saturated carbocycles. The highest BCUT2D eigenvalue weighted by Crippen LogP contribution is 2.41. The van der Waals surface area contributed by atoms with Gasteiger partial charge in [0.1, 0.15) is 6.07 Å². The minimum Gasteiger partial charge on any atom is -0.423 e. The van der Waals surface area contributed by atoms with Crippen LogP contribution < -0.4 is 4.90 Å². The predicted octanol–water partition coefficient (Wildman–Crippen LogP) is 2.18. The number of rotatable bonds is 4. The van der Waals surface area contributed by atoms with Crippen LogP contribution in [-0.4, -0.2) is 47.0 Å². The molecule has 7 nitrogen and oxygen atoms in total. The molecule has 1 aliphatic heterocycles. The first-order valence-electron chi connectivity index (χ1n) is 8.77. The monoisotopic (exact) mass is 349 g/mol. The normalized spacial score (nSPS) is 17.5. The number of carbonyl (C=O) groups is 1. The van der Waals surface area contributed by atoms with Gasteiger partial charge in [0.15, 0.2) is 0 Å². The summed E-state index contributed by atoms with van der Waals surface area (Å²) in [5, 5.41) is 9.31. The van der Waals surface area contributed by atoms with Gasteiger partial charge >= 0.3 is 0 Å². The van der Waals surface area contributed by atoms with Gasteiger partial charge in [-0.05, 0) is 36.6 Å². The number of aromatic nitrogens is 2. The van der Waals surface area contributed by atoms with Crippen LogP contribution in [0.1, 0.15) is 35.9 Å². The molecule has 1 saturated heterocycles. The third-order valence-electron chi connectivity index (χ3n) is 4.66. The largest absolute Gasteiger partial charge is 0.423 e. The zero-order chi connectivity index (χ0) is 17.9. The van der Waals surface area contributed by atoms with Gasteiger partial charge in [0.2, 0.25) is 23.4 Å². The summed E-state index contributed by atoms with van der Waals surface area (Å²) in [5.74, 6) is 1.58. The average molecular weight is 349 g/mol. The molecule has 4 rings (SSSR count). The lowest BCUT2D eigenvalue weighted by molar-refractivity contribution is -0.126. The minimum atomic E-state index is -0.0155. The van der Waals surface area contributed by atoms with Gasteiger partial charge in [-0.25, -0.2) is 4.98 Å². The molecule has 2 aliphatic rings. The zero-order valence-corrected chi connectivity index (χ0v) is 14.3. The van der Waals surface area contributed by atoms with Gasteiger partial charge in [0.25, 0.3) is 0 Å². The van der Waals surface area contributed by atoms with E-state index in [4.69, 9.17) is 4.42 Å². The van der Waals surface area contributed by atoms with Gasteiger partial charge in [-0.2, -0.15) is 5.26 Å². The molecule has 0 unspecified atom stereocenters. The standard InChI is InChI=1S/C19H19N5O2/c20-13-16-19(26-18(22-16)15-2-3-15)24-11-9-23(10-12-24)17(25)4-1-14-5-7-21-8-6-14/h1,4-8,15H,2-3,9-12H2/b4-1+. The fourth-order valence-corrected chi connectivity index (χ4v) is 3.00. The van der Waals surface area contributed by atoms with Crippen LogP contribution in [0, 0.1) is 11.3 Å². The van der Waals surface area contributed by atoms with Crippen LogP contribution in [0.25, 0.3) is 6.08 Å². The number of oxazole rings is 1. The third-order valence-corrected chi connectivity index (χ3v) is 4.66. The molecule has 26 heavy (non-hydrogen) atoms. The van der Waals surface area contributed by atoms with Gasteiger partial charge in [-0.3, -0.25) is 9.78 Å². The number of carbonyl (C=O) groups excluding carboxylic acids is 1. The number of hydrogen-bond acceptors (Lipinski definition) is 6. The molecule has 7 heteroatoms. The number of pyridine rings is 1. The van der Waals surface area contributed by atoms with E-state index in [1.165, 1.54) is 0 Å². The van der Waals surface area contributed by atoms with Crippen molar-refractivity contribution in [3.8, 4) is 6.07 Å². The number of nitrogens with zero attached hydrogens (tertiary/aromatic N) is 5. The Bertz CT molecular complexity index is 856. The number of hydrogen-bond donors (Lipinski definition) is 0. The molecule has 3 heterocycles. The van der Waals surface area contributed by atoms with Crippen LogP contribution in [0.3, 0.4) is 0 Å².